The lowest BCUT2D eigenvalue weighted by atomic mass is 9.84. The zero-order chi connectivity index (χ0) is 26.8. The molecule has 194 valence electrons. The van der Waals surface area contributed by atoms with Crippen molar-refractivity contribution in [2.75, 3.05) is 7.11 Å². The molecular weight excluding hydrogens is 493 g/mol. The van der Waals surface area contributed by atoms with Crippen LogP contribution in [0.1, 0.15) is 31.2 Å². The second-order valence-electron chi connectivity index (χ2n) is 8.60. The topological polar surface area (TPSA) is 59.6 Å². The zero-order valence-electron chi connectivity index (χ0n) is 20.0. The van der Waals surface area contributed by atoms with Gasteiger partial charge in [0.1, 0.15) is 5.82 Å². The summed E-state index contributed by atoms with van der Waals surface area (Å²) in [5.74, 6) is -2.21. The Morgan fingerprint density at radius 2 is 1.81 bits per heavy atom. The molecule has 0 aliphatic carbocycles. The second kappa shape index (κ2) is 10.3. The monoisotopic (exact) mass is 517 g/mol. The maximum Gasteiger partial charge on any atom is 0.422 e. The van der Waals surface area contributed by atoms with Crippen molar-refractivity contribution < 1.29 is 31.8 Å². The minimum Gasteiger partial charge on any atom is -0.493 e. The molecule has 0 aliphatic rings. The number of aromatic nitrogens is 2. The Bertz CT molecular complexity index is 1430. The lowest BCUT2D eigenvalue weighted by Crippen LogP contribution is -2.47. The van der Waals surface area contributed by atoms with E-state index in [9.17, 15) is 27.1 Å². The largest absolute Gasteiger partial charge is 0.493 e. The number of nitrogens with zero attached hydrogens (tertiary/aromatic N) is 3. The van der Waals surface area contributed by atoms with E-state index in [0.29, 0.717) is 22.8 Å². The predicted octanol–water partition coefficient (Wildman–Crippen LogP) is 6.89. The summed E-state index contributed by atoms with van der Waals surface area (Å²) in [6.07, 6.45) is -3.80. The normalized spacial score (nSPS) is 14.7. The third-order valence-corrected chi connectivity index (χ3v) is 6.24. The number of aliphatic imine (C=N–C) groups is 1. The van der Waals surface area contributed by atoms with Gasteiger partial charge in [0.15, 0.2) is 17.2 Å². The Labute approximate surface area is 209 Å². The summed E-state index contributed by atoms with van der Waals surface area (Å²) in [7, 11) is 1.23. The Morgan fingerprint density at radius 1 is 1.08 bits per heavy atom. The van der Waals surface area contributed by atoms with E-state index in [1.807, 2.05) is 0 Å². The minimum absolute atomic E-state index is 0.138. The number of aliphatic hydroxyl groups is 1. The average molecular weight is 517 g/mol. The van der Waals surface area contributed by atoms with Gasteiger partial charge in [-0.05, 0) is 55.2 Å². The highest BCUT2D eigenvalue weighted by molar-refractivity contribution is 5.92. The van der Waals surface area contributed by atoms with Gasteiger partial charge >= 0.3 is 6.18 Å². The van der Waals surface area contributed by atoms with Crippen LogP contribution in [-0.2, 0) is 0 Å². The first kappa shape index (κ1) is 26.3. The van der Waals surface area contributed by atoms with Crippen LogP contribution in [0.3, 0.4) is 0 Å². The fourth-order valence-corrected chi connectivity index (χ4v) is 4.29. The Balaban J connectivity index is 1.72. The van der Waals surface area contributed by atoms with Crippen LogP contribution < -0.4 is 4.74 Å². The zero-order valence-corrected chi connectivity index (χ0v) is 20.0. The van der Waals surface area contributed by atoms with Gasteiger partial charge in [0.25, 0.3) is 0 Å². The molecule has 0 saturated heterocycles. The molecule has 0 amide bonds. The molecule has 3 aromatic carbocycles. The number of ether oxygens (including phenoxy) is 1. The summed E-state index contributed by atoms with van der Waals surface area (Å²) in [5, 5.41) is 15.5. The molecule has 0 bridgehead atoms. The Morgan fingerprint density at radius 3 is 2.49 bits per heavy atom. The molecule has 37 heavy (non-hydrogen) atoms. The first-order chi connectivity index (χ1) is 17.6. The molecule has 2 unspecified atom stereocenters. The first-order valence-corrected chi connectivity index (χ1v) is 11.5. The van der Waals surface area contributed by atoms with Crippen LogP contribution in [0.2, 0.25) is 0 Å². The second-order valence-corrected chi connectivity index (χ2v) is 8.60. The number of rotatable bonds is 8. The number of para-hydroxylation sites is 1. The molecule has 0 aliphatic heterocycles. The first-order valence-electron chi connectivity index (χ1n) is 11.5. The number of fused-ring (bicyclic) bond motifs is 1. The molecule has 4 rings (SSSR count). The summed E-state index contributed by atoms with van der Waals surface area (Å²) in [4.78, 5) is 4.01. The van der Waals surface area contributed by atoms with E-state index in [-0.39, 0.29) is 23.4 Å². The van der Waals surface area contributed by atoms with E-state index in [2.05, 4.69) is 10.1 Å². The molecule has 0 spiro atoms. The van der Waals surface area contributed by atoms with E-state index < -0.39 is 35.8 Å². The van der Waals surface area contributed by atoms with Crippen molar-refractivity contribution in [2.45, 2.75) is 37.5 Å². The summed E-state index contributed by atoms with van der Waals surface area (Å²) >= 11 is 0. The fraction of sp³-hybridized carbons (Fsp3) is 0.259. The number of hydrogen-bond acceptors (Lipinski definition) is 4. The SMILES string of the molecule is CCC(CC(O)(/C=N\c1cccc2c1cnn2-c1cccc(F)c1)C(F)(F)F)c1cccc(F)c1OC. The van der Waals surface area contributed by atoms with Crippen molar-refractivity contribution >= 4 is 22.8 Å². The van der Waals surface area contributed by atoms with Crippen molar-refractivity contribution in [3.8, 4) is 11.4 Å². The van der Waals surface area contributed by atoms with E-state index >= 15 is 0 Å². The molecule has 10 heteroatoms. The number of methoxy groups -OCH3 is 1. The number of benzene rings is 3. The lowest BCUT2D eigenvalue weighted by Gasteiger charge is -2.31. The number of hydrogen-bond donors (Lipinski definition) is 1. The van der Waals surface area contributed by atoms with Crippen LogP contribution >= 0.6 is 0 Å². The maximum atomic E-state index is 14.2. The smallest absolute Gasteiger partial charge is 0.422 e. The van der Waals surface area contributed by atoms with E-state index in [1.54, 1.807) is 25.1 Å². The fourth-order valence-electron chi connectivity index (χ4n) is 4.29. The highest BCUT2D eigenvalue weighted by Gasteiger charge is 2.53. The van der Waals surface area contributed by atoms with Gasteiger partial charge in [-0.1, -0.05) is 31.2 Å². The minimum atomic E-state index is -5.07. The molecule has 1 heterocycles. The van der Waals surface area contributed by atoms with Crippen LogP contribution in [0, 0.1) is 11.6 Å². The van der Waals surface area contributed by atoms with Crippen molar-refractivity contribution in [1.29, 1.82) is 0 Å². The maximum absolute atomic E-state index is 14.2. The van der Waals surface area contributed by atoms with Crippen LogP contribution in [0.4, 0.5) is 27.6 Å². The predicted molar refractivity (Wildman–Crippen MR) is 131 cm³/mol. The molecule has 5 nitrogen and oxygen atoms in total. The summed E-state index contributed by atoms with van der Waals surface area (Å²) in [6.45, 7) is 1.64. The highest BCUT2D eigenvalue weighted by atomic mass is 19.4. The van der Waals surface area contributed by atoms with E-state index in [4.69, 9.17) is 4.74 Å². The summed E-state index contributed by atoms with van der Waals surface area (Å²) in [5.41, 5.74) is -2.03. The third-order valence-electron chi connectivity index (χ3n) is 6.24. The molecule has 0 radical (unpaired) electrons. The van der Waals surface area contributed by atoms with E-state index in [1.165, 1.54) is 54.4 Å². The van der Waals surface area contributed by atoms with E-state index in [0.717, 1.165) is 6.07 Å². The molecular formula is C27H24F5N3O2. The Hall–Kier alpha value is -3.79. The van der Waals surface area contributed by atoms with Crippen molar-refractivity contribution in [1.82, 2.24) is 9.78 Å². The van der Waals surface area contributed by atoms with Crippen molar-refractivity contribution in [3.05, 3.63) is 84.1 Å². The van der Waals surface area contributed by atoms with Crippen molar-refractivity contribution in [2.24, 2.45) is 4.99 Å². The van der Waals surface area contributed by atoms with Crippen LogP contribution in [0.25, 0.3) is 16.6 Å². The van der Waals surface area contributed by atoms with Crippen molar-refractivity contribution in [3.63, 3.8) is 0 Å². The molecule has 1 aromatic heterocycles. The number of halogens is 5. The molecule has 0 saturated carbocycles. The van der Waals surface area contributed by atoms with Gasteiger partial charge in [0.2, 0.25) is 0 Å². The van der Waals surface area contributed by atoms with Gasteiger partial charge in [-0.3, -0.25) is 4.99 Å². The van der Waals surface area contributed by atoms with Gasteiger partial charge < -0.3 is 9.84 Å². The molecule has 4 aromatic rings. The lowest BCUT2D eigenvalue weighted by molar-refractivity contribution is -0.232. The quantitative estimate of drug-likeness (QED) is 0.205. The third kappa shape index (κ3) is 5.20. The number of alkyl halides is 3. The Kier molecular flexibility index (Phi) is 7.31. The van der Waals surface area contributed by atoms with Crippen LogP contribution in [-0.4, -0.2) is 40.0 Å². The molecule has 2 atom stereocenters. The summed E-state index contributed by atoms with van der Waals surface area (Å²) in [6, 6.07) is 14.5. The van der Waals surface area contributed by atoms with Gasteiger partial charge in [-0.15, -0.1) is 0 Å². The summed E-state index contributed by atoms with van der Waals surface area (Å²) < 4.78 is 76.9. The molecule has 0 fully saturated rings. The van der Waals surface area contributed by atoms with Crippen LogP contribution in [0.5, 0.6) is 5.75 Å². The van der Waals surface area contributed by atoms with Gasteiger partial charge in [0.05, 0.1) is 30.2 Å². The van der Waals surface area contributed by atoms with Gasteiger partial charge in [-0.25, -0.2) is 13.5 Å². The average Bonchev–Trinajstić information content (AvgIpc) is 3.30. The highest BCUT2D eigenvalue weighted by Crippen LogP contribution is 2.42. The molecule has 1 N–H and O–H groups in total. The van der Waals surface area contributed by atoms with Crippen LogP contribution in [0.15, 0.2) is 71.9 Å². The standard InChI is InChI=1S/C27H24F5N3O2/c1-3-17(20-9-5-10-22(29)25(20)37-2)14-26(36,27(30,31)32)16-33-23-11-6-12-24-21(23)15-34-35(24)19-8-4-7-18(28)13-19/h4-13,15-17,36H,3,14H2,1-2H3/b33-16-. The van der Waals surface area contributed by atoms with Gasteiger partial charge in [0, 0.05) is 17.2 Å². The van der Waals surface area contributed by atoms with Gasteiger partial charge in [-0.2, -0.15) is 18.3 Å².